The Balaban J connectivity index is 2.16. The van der Waals surface area contributed by atoms with Crippen molar-refractivity contribution in [3.63, 3.8) is 0 Å². The SMILES string of the molecule is O[C@H](CBr)[C@H]1CCc2cc(F)ccc2O1. The Morgan fingerprint density at radius 2 is 2.40 bits per heavy atom. The van der Waals surface area contributed by atoms with Gasteiger partial charge in [-0.3, -0.25) is 0 Å². The van der Waals surface area contributed by atoms with Crippen molar-refractivity contribution < 1.29 is 14.2 Å². The molecule has 0 spiro atoms. The van der Waals surface area contributed by atoms with E-state index in [0.29, 0.717) is 11.1 Å². The van der Waals surface area contributed by atoms with Gasteiger partial charge in [-0.25, -0.2) is 4.39 Å². The van der Waals surface area contributed by atoms with Crippen molar-refractivity contribution in [2.45, 2.75) is 25.0 Å². The van der Waals surface area contributed by atoms with Crippen molar-refractivity contribution >= 4 is 15.9 Å². The summed E-state index contributed by atoms with van der Waals surface area (Å²) in [7, 11) is 0. The van der Waals surface area contributed by atoms with Crippen molar-refractivity contribution in [3.8, 4) is 5.75 Å². The first kappa shape index (κ1) is 10.9. The van der Waals surface area contributed by atoms with Crippen LogP contribution in [0, 0.1) is 5.82 Å². The van der Waals surface area contributed by atoms with E-state index in [2.05, 4.69) is 15.9 Å². The van der Waals surface area contributed by atoms with Gasteiger partial charge in [0.05, 0.1) is 0 Å². The maximum Gasteiger partial charge on any atom is 0.126 e. The van der Waals surface area contributed by atoms with Crippen molar-refractivity contribution in [2.24, 2.45) is 0 Å². The highest BCUT2D eigenvalue weighted by atomic mass is 79.9. The van der Waals surface area contributed by atoms with E-state index in [9.17, 15) is 9.50 Å². The third-order valence-corrected chi connectivity index (χ3v) is 3.25. The quantitative estimate of drug-likeness (QED) is 0.839. The molecule has 0 bridgehead atoms. The summed E-state index contributed by atoms with van der Waals surface area (Å²) in [5.41, 5.74) is 0.882. The summed E-state index contributed by atoms with van der Waals surface area (Å²) in [6, 6.07) is 4.49. The number of fused-ring (bicyclic) bond motifs is 1. The molecular formula is C11H12BrFO2. The summed E-state index contributed by atoms with van der Waals surface area (Å²) < 4.78 is 18.5. The lowest BCUT2D eigenvalue weighted by Gasteiger charge is -2.28. The second-order valence-electron chi connectivity index (χ2n) is 3.67. The van der Waals surface area contributed by atoms with Crippen LogP contribution in [0.25, 0.3) is 0 Å². The number of hydrogen-bond donors (Lipinski definition) is 1. The zero-order chi connectivity index (χ0) is 10.8. The normalized spacial score (nSPS) is 21.7. The number of ether oxygens (including phenoxy) is 1. The van der Waals surface area contributed by atoms with E-state index in [4.69, 9.17) is 4.74 Å². The van der Waals surface area contributed by atoms with Gasteiger partial charge in [-0.2, -0.15) is 0 Å². The molecule has 1 aliphatic heterocycles. The van der Waals surface area contributed by atoms with E-state index in [0.717, 1.165) is 18.4 Å². The Morgan fingerprint density at radius 1 is 1.60 bits per heavy atom. The van der Waals surface area contributed by atoms with E-state index in [-0.39, 0.29) is 11.9 Å². The van der Waals surface area contributed by atoms with E-state index < -0.39 is 6.10 Å². The van der Waals surface area contributed by atoms with Crippen molar-refractivity contribution in [2.75, 3.05) is 5.33 Å². The Labute approximate surface area is 96.2 Å². The fourth-order valence-corrected chi connectivity index (χ4v) is 2.17. The van der Waals surface area contributed by atoms with E-state index in [1.165, 1.54) is 12.1 Å². The summed E-state index contributed by atoms with van der Waals surface area (Å²) in [5, 5.41) is 10.1. The van der Waals surface area contributed by atoms with Crippen LogP contribution in [-0.4, -0.2) is 22.6 Å². The first-order valence-electron chi connectivity index (χ1n) is 4.90. The van der Waals surface area contributed by atoms with Gasteiger partial charge < -0.3 is 9.84 Å². The van der Waals surface area contributed by atoms with Crippen molar-refractivity contribution in [3.05, 3.63) is 29.6 Å². The van der Waals surface area contributed by atoms with Crippen LogP contribution in [0.3, 0.4) is 0 Å². The molecule has 1 aromatic carbocycles. The molecule has 0 fully saturated rings. The molecule has 1 aliphatic rings. The van der Waals surface area contributed by atoms with Gasteiger partial charge in [0.2, 0.25) is 0 Å². The van der Waals surface area contributed by atoms with Gasteiger partial charge in [0.1, 0.15) is 23.8 Å². The van der Waals surface area contributed by atoms with Gasteiger partial charge in [-0.15, -0.1) is 0 Å². The highest BCUT2D eigenvalue weighted by Gasteiger charge is 2.25. The number of rotatable bonds is 2. The van der Waals surface area contributed by atoms with Crippen LogP contribution in [0.5, 0.6) is 5.75 Å². The molecular weight excluding hydrogens is 263 g/mol. The van der Waals surface area contributed by atoms with E-state index in [1.807, 2.05) is 0 Å². The summed E-state index contributed by atoms with van der Waals surface area (Å²) in [6.45, 7) is 0. The predicted octanol–water partition coefficient (Wildman–Crippen LogP) is 2.28. The van der Waals surface area contributed by atoms with Crippen molar-refractivity contribution in [1.29, 1.82) is 0 Å². The summed E-state index contributed by atoms with van der Waals surface area (Å²) in [5.74, 6) is 0.449. The molecule has 2 rings (SSSR count). The molecule has 0 aromatic heterocycles. The minimum atomic E-state index is -0.511. The van der Waals surface area contributed by atoms with Crippen molar-refractivity contribution in [1.82, 2.24) is 0 Å². The largest absolute Gasteiger partial charge is 0.487 e. The Bertz CT molecular complexity index is 356. The number of aliphatic hydroxyl groups is 1. The number of hydrogen-bond acceptors (Lipinski definition) is 2. The second kappa shape index (κ2) is 4.49. The Hall–Kier alpha value is -0.610. The van der Waals surface area contributed by atoms with Crippen LogP contribution in [0.15, 0.2) is 18.2 Å². The topological polar surface area (TPSA) is 29.5 Å². The monoisotopic (exact) mass is 274 g/mol. The molecule has 2 atom stereocenters. The standard InChI is InChI=1S/C11H12BrFO2/c12-6-9(14)11-3-1-7-5-8(13)2-4-10(7)15-11/h2,4-5,9,11,14H,1,3,6H2/t9-,11-/m1/s1. The van der Waals surface area contributed by atoms with Crippen LogP contribution in [0.4, 0.5) is 4.39 Å². The van der Waals surface area contributed by atoms with Crippen LogP contribution >= 0.6 is 15.9 Å². The molecule has 0 aliphatic carbocycles. The summed E-state index contributed by atoms with van der Waals surface area (Å²) >= 11 is 3.21. The molecule has 2 nitrogen and oxygen atoms in total. The second-order valence-corrected chi connectivity index (χ2v) is 4.32. The highest BCUT2D eigenvalue weighted by Crippen LogP contribution is 2.29. The third-order valence-electron chi connectivity index (χ3n) is 2.59. The first-order valence-corrected chi connectivity index (χ1v) is 6.02. The molecule has 1 aromatic rings. The van der Waals surface area contributed by atoms with Gasteiger partial charge in [0.25, 0.3) is 0 Å². The molecule has 82 valence electrons. The fourth-order valence-electron chi connectivity index (χ4n) is 1.75. The Kier molecular flexibility index (Phi) is 3.26. The number of halogens is 2. The maximum atomic E-state index is 12.9. The number of aliphatic hydroxyl groups excluding tert-OH is 1. The number of aryl methyl sites for hydroxylation is 1. The van der Waals surface area contributed by atoms with Crippen LogP contribution < -0.4 is 4.74 Å². The van der Waals surface area contributed by atoms with Crippen LogP contribution in [0.2, 0.25) is 0 Å². The van der Waals surface area contributed by atoms with Gasteiger partial charge in [-0.1, -0.05) is 15.9 Å². The summed E-state index contributed by atoms with van der Waals surface area (Å²) in [6.07, 6.45) is 0.774. The lowest BCUT2D eigenvalue weighted by atomic mass is 10.00. The van der Waals surface area contributed by atoms with Gasteiger partial charge >= 0.3 is 0 Å². The first-order chi connectivity index (χ1) is 7.20. The number of benzene rings is 1. The smallest absolute Gasteiger partial charge is 0.126 e. The predicted molar refractivity (Wildman–Crippen MR) is 58.9 cm³/mol. The lowest BCUT2D eigenvalue weighted by molar-refractivity contribution is 0.0392. The Morgan fingerprint density at radius 3 is 3.13 bits per heavy atom. The number of alkyl halides is 1. The van der Waals surface area contributed by atoms with E-state index in [1.54, 1.807) is 6.07 Å². The van der Waals surface area contributed by atoms with E-state index >= 15 is 0 Å². The van der Waals surface area contributed by atoms with Crippen LogP contribution in [-0.2, 0) is 6.42 Å². The fraction of sp³-hybridized carbons (Fsp3) is 0.455. The van der Waals surface area contributed by atoms with Gasteiger partial charge in [-0.05, 0) is 36.6 Å². The molecule has 0 saturated carbocycles. The zero-order valence-corrected chi connectivity index (χ0v) is 9.71. The maximum absolute atomic E-state index is 12.9. The average molecular weight is 275 g/mol. The summed E-state index contributed by atoms with van der Waals surface area (Å²) in [4.78, 5) is 0. The minimum absolute atomic E-state index is 0.192. The lowest BCUT2D eigenvalue weighted by Crippen LogP contribution is -2.35. The average Bonchev–Trinajstić information content (AvgIpc) is 2.27. The molecule has 0 unspecified atom stereocenters. The van der Waals surface area contributed by atoms with Gasteiger partial charge in [0, 0.05) is 5.33 Å². The van der Waals surface area contributed by atoms with Gasteiger partial charge in [0.15, 0.2) is 0 Å². The molecule has 4 heteroatoms. The third kappa shape index (κ3) is 2.32. The minimum Gasteiger partial charge on any atom is -0.487 e. The zero-order valence-electron chi connectivity index (χ0n) is 8.12. The highest BCUT2D eigenvalue weighted by molar-refractivity contribution is 9.09. The van der Waals surface area contributed by atoms with Crippen LogP contribution in [0.1, 0.15) is 12.0 Å². The molecule has 1 N–H and O–H groups in total. The molecule has 15 heavy (non-hydrogen) atoms. The molecule has 0 amide bonds. The molecule has 0 saturated heterocycles. The molecule has 1 heterocycles. The molecule has 0 radical (unpaired) electrons.